The number of furan rings is 1. The second-order valence-corrected chi connectivity index (χ2v) is 7.14. The Morgan fingerprint density at radius 1 is 1.15 bits per heavy atom. The van der Waals surface area contributed by atoms with Crippen molar-refractivity contribution in [2.75, 3.05) is 30.2 Å². The van der Waals surface area contributed by atoms with Gasteiger partial charge in [-0.05, 0) is 36.4 Å². The fourth-order valence-electron chi connectivity index (χ4n) is 2.96. The molecule has 0 unspecified atom stereocenters. The topological polar surface area (TPSA) is 105 Å². The molecule has 0 aliphatic carbocycles. The van der Waals surface area contributed by atoms with Crippen LogP contribution in [-0.2, 0) is 4.79 Å². The Hall–Kier alpha value is -4.44. The molecule has 168 valence electrons. The van der Waals surface area contributed by atoms with Crippen molar-refractivity contribution in [3.63, 3.8) is 0 Å². The highest BCUT2D eigenvalue weighted by Crippen LogP contribution is 2.31. The van der Waals surface area contributed by atoms with E-state index < -0.39 is 5.82 Å². The molecule has 2 aromatic carbocycles. The van der Waals surface area contributed by atoms with Crippen LogP contribution in [0.3, 0.4) is 0 Å². The van der Waals surface area contributed by atoms with Crippen molar-refractivity contribution in [2.24, 2.45) is 0 Å². The lowest BCUT2D eigenvalue weighted by molar-refractivity contribution is -0.111. The molecule has 0 aliphatic rings. The highest BCUT2D eigenvalue weighted by molar-refractivity contribution is 5.99. The van der Waals surface area contributed by atoms with Gasteiger partial charge in [0.25, 0.3) is 5.88 Å². The van der Waals surface area contributed by atoms with Gasteiger partial charge in [0, 0.05) is 37.6 Å². The van der Waals surface area contributed by atoms with Crippen LogP contribution in [0.5, 0.6) is 11.6 Å². The number of carbonyl (C=O) groups excluding carboxylic acids is 1. The standard InChI is InChI=1S/C23H21FN6O3/c1-4-20(31)25-14-6-5-7-16(12-14)33-22-21-19(10-11-32-21)27-23(28-22)26-15-8-9-18(17(24)13-15)29-30(2)3/h4-13,29H,1H2,2-3H3,(H,25,31)(H,26,27,28). The number of hydrogen-bond acceptors (Lipinski definition) is 8. The molecule has 1 amide bonds. The van der Waals surface area contributed by atoms with Crippen molar-refractivity contribution in [3.8, 4) is 11.6 Å². The summed E-state index contributed by atoms with van der Waals surface area (Å²) in [5.41, 5.74) is 5.05. The summed E-state index contributed by atoms with van der Waals surface area (Å²) in [6, 6.07) is 13.1. The van der Waals surface area contributed by atoms with Gasteiger partial charge in [-0.3, -0.25) is 4.79 Å². The Kier molecular flexibility index (Phi) is 6.18. The van der Waals surface area contributed by atoms with Crippen molar-refractivity contribution in [1.29, 1.82) is 0 Å². The van der Waals surface area contributed by atoms with Gasteiger partial charge in [0.1, 0.15) is 17.1 Å². The first-order chi connectivity index (χ1) is 15.9. The number of benzene rings is 2. The summed E-state index contributed by atoms with van der Waals surface area (Å²) in [7, 11) is 3.54. The third kappa shape index (κ3) is 5.25. The highest BCUT2D eigenvalue weighted by Gasteiger charge is 2.14. The van der Waals surface area contributed by atoms with Crippen molar-refractivity contribution in [2.45, 2.75) is 0 Å². The first kappa shape index (κ1) is 21.8. The number of amides is 1. The molecule has 2 heterocycles. The molecule has 10 heteroatoms. The number of hydrazine groups is 1. The zero-order chi connectivity index (χ0) is 23.4. The highest BCUT2D eigenvalue weighted by atomic mass is 19.1. The lowest BCUT2D eigenvalue weighted by Crippen LogP contribution is -2.20. The molecule has 0 atom stereocenters. The number of nitrogens with one attached hydrogen (secondary N) is 3. The summed E-state index contributed by atoms with van der Waals surface area (Å²) in [5, 5.41) is 7.29. The number of halogens is 1. The number of anilines is 4. The minimum Gasteiger partial charge on any atom is -0.457 e. The summed E-state index contributed by atoms with van der Waals surface area (Å²) in [5.74, 6) is -0.000699. The summed E-state index contributed by atoms with van der Waals surface area (Å²) in [4.78, 5) is 20.3. The van der Waals surface area contributed by atoms with E-state index in [9.17, 15) is 9.18 Å². The van der Waals surface area contributed by atoms with Gasteiger partial charge in [0.2, 0.25) is 17.4 Å². The van der Waals surface area contributed by atoms with E-state index in [4.69, 9.17) is 9.15 Å². The number of ether oxygens (including phenoxy) is 1. The van der Waals surface area contributed by atoms with Crippen LogP contribution in [0.4, 0.5) is 27.4 Å². The van der Waals surface area contributed by atoms with Crippen molar-refractivity contribution >= 4 is 40.0 Å². The molecular weight excluding hydrogens is 427 g/mol. The van der Waals surface area contributed by atoms with Gasteiger partial charge in [-0.15, -0.1) is 0 Å². The first-order valence-electron chi connectivity index (χ1n) is 9.88. The molecule has 0 saturated heterocycles. The van der Waals surface area contributed by atoms with E-state index in [0.29, 0.717) is 33.9 Å². The van der Waals surface area contributed by atoms with Gasteiger partial charge in [0.05, 0.1) is 12.0 Å². The molecule has 0 radical (unpaired) electrons. The minimum absolute atomic E-state index is 0.158. The second-order valence-electron chi connectivity index (χ2n) is 7.14. The third-order valence-corrected chi connectivity index (χ3v) is 4.34. The van der Waals surface area contributed by atoms with Gasteiger partial charge in [-0.25, -0.2) is 14.4 Å². The van der Waals surface area contributed by atoms with Crippen LogP contribution in [-0.4, -0.2) is 35.0 Å². The molecular formula is C23H21FN6O3. The van der Waals surface area contributed by atoms with E-state index in [1.807, 2.05) is 0 Å². The maximum Gasteiger partial charge on any atom is 0.268 e. The smallest absolute Gasteiger partial charge is 0.268 e. The molecule has 0 spiro atoms. The zero-order valence-corrected chi connectivity index (χ0v) is 17.9. The molecule has 0 saturated carbocycles. The molecule has 2 aromatic heterocycles. The predicted molar refractivity (Wildman–Crippen MR) is 124 cm³/mol. The van der Waals surface area contributed by atoms with Crippen LogP contribution in [0.25, 0.3) is 11.1 Å². The number of rotatable bonds is 8. The number of carbonyl (C=O) groups is 1. The van der Waals surface area contributed by atoms with Crippen LogP contribution in [0, 0.1) is 5.82 Å². The van der Waals surface area contributed by atoms with Crippen molar-refractivity contribution < 1.29 is 18.3 Å². The molecule has 4 aromatic rings. The van der Waals surface area contributed by atoms with E-state index in [-0.39, 0.29) is 17.7 Å². The van der Waals surface area contributed by atoms with E-state index >= 15 is 0 Å². The van der Waals surface area contributed by atoms with Gasteiger partial charge >= 0.3 is 0 Å². The maximum absolute atomic E-state index is 14.4. The molecule has 3 N–H and O–H groups in total. The van der Waals surface area contributed by atoms with E-state index in [1.165, 1.54) is 18.4 Å². The SMILES string of the molecule is C=CC(=O)Nc1cccc(Oc2nc(Nc3ccc(NN(C)C)c(F)c3)nc3ccoc23)c1. The monoisotopic (exact) mass is 448 g/mol. The maximum atomic E-state index is 14.4. The average Bonchev–Trinajstić information content (AvgIpc) is 3.24. The van der Waals surface area contributed by atoms with Gasteiger partial charge in [-0.1, -0.05) is 12.6 Å². The van der Waals surface area contributed by atoms with Crippen molar-refractivity contribution in [3.05, 3.63) is 73.3 Å². The number of nitrogens with zero attached hydrogens (tertiary/aromatic N) is 3. The largest absolute Gasteiger partial charge is 0.457 e. The van der Waals surface area contributed by atoms with Crippen LogP contribution in [0.2, 0.25) is 0 Å². The number of hydrogen-bond donors (Lipinski definition) is 3. The number of aromatic nitrogens is 2. The Labute approximate surface area is 188 Å². The van der Waals surface area contributed by atoms with Gasteiger partial charge in [-0.2, -0.15) is 4.98 Å². The quantitative estimate of drug-likeness (QED) is 0.258. The van der Waals surface area contributed by atoms with Gasteiger partial charge < -0.3 is 25.2 Å². The summed E-state index contributed by atoms with van der Waals surface area (Å²) in [6.07, 6.45) is 2.65. The van der Waals surface area contributed by atoms with Crippen LogP contribution in [0.1, 0.15) is 0 Å². The Balaban J connectivity index is 1.60. The molecule has 9 nitrogen and oxygen atoms in total. The lowest BCUT2D eigenvalue weighted by atomic mass is 10.2. The van der Waals surface area contributed by atoms with E-state index in [0.717, 1.165) is 0 Å². The van der Waals surface area contributed by atoms with Crippen molar-refractivity contribution in [1.82, 2.24) is 15.0 Å². The summed E-state index contributed by atoms with van der Waals surface area (Å²) < 4.78 is 25.8. The molecule has 0 fully saturated rings. The van der Waals surface area contributed by atoms with E-state index in [2.05, 4.69) is 32.6 Å². The van der Waals surface area contributed by atoms with E-state index in [1.54, 1.807) is 61.6 Å². The predicted octanol–water partition coefficient (Wildman–Crippen LogP) is 4.91. The summed E-state index contributed by atoms with van der Waals surface area (Å²) >= 11 is 0. The van der Waals surface area contributed by atoms with Crippen LogP contribution in [0.15, 0.2) is 71.9 Å². The van der Waals surface area contributed by atoms with Crippen LogP contribution < -0.4 is 20.8 Å². The molecule has 0 aliphatic heterocycles. The Morgan fingerprint density at radius 2 is 2.00 bits per heavy atom. The van der Waals surface area contributed by atoms with Crippen LogP contribution >= 0.6 is 0 Å². The Morgan fingerprint density at radius 3 is 2.76 bits per heavy atom. The molecule has 33 heavy (non-hydrogen) atoms. The zero-order valence-electron chi connectivity index (χ0n) is 17.9. The summed E-state index contributed by atoms with van der Waals surface area (Å²) in [6.45, 7) is 3.43. The average molecular weight is 448 g/mol. The molecule has 4 rings (SSSR count). The minimum atomic E-state index is -0.437. The third-order valence-electron chi connectivity index (χ3n) is 4.34. The number of fused-ring (bicyclic) bond motifs is 1. The molecule has 0 bridgehead atoms. The first-order valence-corrected chi connectivity index (χ1v) is 9.88. The second kappa shape index (κ2) is 9.37. The normalized spacial score (nSPS) is 10.8. The lowest BCUT2D eigenvalue weighted by Gasteiger charge is -2.15. The fourth-order valence-corrected chi connectivity index (χ4v) is 2.96. The van der Waals surface area contributed by atoms with Gasteiger partial charge in [0.15, 0.2) is 0 Å². The fraction of sp³-hybridized carbons (Fsp3) is 0.0870. The Bertz CT molecular complexity index is 1320.